The number of aliphatic hydroxyl groups is 1. The molecule has 2 aromatic carbocycles. The molecular formula is C16H14FNO2S. The molecule has 0 radical (unpaired) electrons. The highest BCUT2D eigenvalue weighted by atomic mass is 32.1. The number of thiazole rings is 1. The molecule has 3 rings (SSSR count). The van der Waals surface area contributed by atoms with Gasteiger partial charge in [-0.3, -0.25) is 0 Å². The van der Waals surface area contributed by atoms with Crippen LogP contribution in [0.25, 0.3) is 20.8 Å². The van der Waals surface area contributed by atoms with Gasteiger partial charge in [-0.2, -0.15) is 0 Å². The number of fused-ring (bicyclic) bond motifs is 1. The molecular weight excluding hydrogens is 289 g/mol. The molecule has 1 unspecified atom stereocenters. The standard InChI is InChI=1S/C16H14FNO2S/c1-10(19)9-20-13-6-7-14-15(8-13)21-16(18-14)11-2-4-12(17)5-3-11/h2-8,10,19H,9H2,1H3. The van der Waals surface area contributed by atoms with Crippen molar-refractivity contribution >= 4 is 21.6 Å². The van der Waals surface area contributed by atoms with Crippen LogP contribution in [0.1, 0.15) is 6.92 Å². The summed E-state index contributed by atoms with van der Waals surface area (Å²) in [4.78, 5) is 4.54. The number of aliphatic hydroxyl groups excluding tert-OH is 1. The molecule has 108 valence electrons. The number of halogens is 1. The fourth-order valence-corrected chi connectivity index (χ4v) is 2.93. The molecule has 1 atom stereocenters. The maximum absolute atomic E-state index is 13.0. The Morgan fingerprint density at radius 1 is 1.24 bits per heavy atom. The van der Waals surface area contributed by atoms with Gasteiger partial charge < -0.3 is 9.84 Å². The van der Waals surface area contributed by atoms with Crippen LogP contribution in [0.3, 0.4) is 0 Å². The first kappa shape index (κ1) is 14.0. The molecule has 3 aromatic rings. The summed E-state index contributed by atoms with van der Waals surface area (Å²) < 4.78 is 19.4. The third-order valence-electron chi connectivity index (χ3n) is 2.94. The van der Waals surface area contributed by atoms with Crippen LogP contribution >= 0.6 is 11.3 Å². The molecule has 0 saturated heterocycles. The monoisotopic (exact) mass is 303 g/mol. The normalized spacial score (nSPS) is 12.5. The summed E-state index contributed by atoms with van der Waals surface area (Å²) in [7, 11) is 0. The third-order valence-corrected chi connectivity index (χ3v) is 4.01. The maximum atomic E-state index is 13.0. The van der Waals surface area contributed by atoms with Gasteiger partial charge in [-0.25, -0.2) is 9.37 Å². The maximum Gasteiger partial charge on any atom is 0.124 e. The molecule has 0 aliphatic heterocycles. The Bertz CT molecular complexity index is 753. The van der Waals surface area contributed by atoms with Crippen molar-refractivity contribution in [3.63, 3.8) is 0 Å². The Morgan fingerprint density at radius 3 is 2.71 bits per heavy atom. The zero-order valence-corrected chi connectivity index (χ0v) is 12.2. The highest BCUT2D eigenvalue weighted by Gasteiger charge is 2.08. The Hall–Kier alpha value is -1.98. The lowest BCUT2D eigenvalue weighted by Crippen LogP contribution is -2.12. The van der Waals surface area contributed by atoms with Crippen molar-refractivity contribution in [1.82, 2.24) is 4.98 Å². The number of hydrogen-bond donors (Lipinski definition) is 1. The van der Waals surface area contributed by atoms with Gasteiger partial charge in [0.05, 0.1) is 16.3 Å². The minimum Gasteiger partial charge on any atom is -0.491 e. The highest BCUT2D eigenvalue weighted by Crippen LogP contribution is 2.32. The molecule has 0 amide bonds. The summed E-state index contributed by atoms with van der Waals surface area (Å²) in [6.07, 6.45) is -0.503. The zero-order valence-electron chi connectivity index (χ0n) is 11.4. The topological polar surface area (TPSA) is 42.4 Å². The summed E-state index contributed by atoms with van der Waals surface area (Å²) in [5.74, 6) is 0.450. The van der Waals surface area contributed by atoms with Crippen LogP contribution in [-0.4, -0.2) is 22.8 Å². The molecule has 21 heavy (non-hydrogen) atoms. The molecule has 0 aliphatic carbocycles. The molecule has 1 N–H and O–H groups in total. The fourth-order valence-electron chi connectivity index (χ4n) is 1.93. The van der Waals surface area contributed by atoms with Crippen molar-refractivity contribution in [2.45, 2.75) is 13.0 Å². The smallest absolute Gasteiger partial charge is 0.124 e. The minimum absolute atomic E-state index is 0.256. The lowest BCUT2D eigenvalue weighted by Gasteiger charge is -2.07. The summed E-state index contributed by atoms with van der Waals surface area (Å²) in [5, 5.41) is 10.1. The van der Waals surface area contributed by atoms with E-state index in [1.807, 2.05) is 18.2 Å². The lowest BCUT2D eigenvalue weighted by atomic mass is 10.2. The highest BCUT2D eigenvalue weighted by molar-refractivity contribution is 7.21. The Balaban J connectivity index is 1.91. The van der Waals surface area contributed by atoms with E-state index in [-0.39, 0.29) is 12.4 Å². The van der Waals surface area contributed by atoms with Crippen molar-refractivity contribution in [1.29, 1.82) is 0 Å². The van der Waals surface area contributed by atoms with Crippen LogP contribution in [0, 0.1) is 5.82 Å². The number of nitrogens with zero attached hydrogens (tertiary/aromatic N) is 1. The first-order valence-electron chi connectivity index (χ1n) is 6.59. The van der Waals surface area contributed by atoms with Gasteiger partial charge in [-0.15, -0.1) is 11.3 Å². The van der Waals surface area contributed by atoms with Crippen molar-refractivity contribution in [3.05, 3.63) is 48.3 Å². The summed E-state index contributed by atoms with van der Waals surface area (Å²) >= 11 is 1.53. The second-order valence-electron chi connectivity index (χ2n) is 4.82. The number of ether oxygens (including phenoxy) is 1. The molecule has 1 aromatic heterocycles. The van der Waals surface area contributed by atoms with E-state index in [0.29, 0.717) is 5.75 Å². The fraction of sp³-hybridized carbons (Fsp3) is 0.188. The van der Waals surface area contributed by atoms with Gasteiger partial charge in [0.1, 0.15) is 23.2 Å². The predicted molar refractivity (Wildman–Crippen MR) is 82.2 cm³/mol. The van der Waals surface area contributed by atoms with Crippen molar-refractivity contribution in [3.8, 4) is 16.3 Å². The van der Waals surface area contributed by atoms with E-state index >= 15 is 0 Å². The van der Waals surface area contributed by atoms with Gasteiger partial charge in [-0.1, -0.05) is 0 Å². The molecule has 0 aliphatic rings. The number of hydrogen-bond acceptors (Lipinski definition) is 4. The van der Waals surface area contributed by atoms with Crippen molar-refractivity contribution in [2.75, 3.05) is 6.61 Å². The van der Waals surface area contributed by atoms with Crippen LogP contribution in [0.15, 0.2) is 42.5 Å². The quantitative estimate of drug-likeness (QED) is 0.796. The van der Waals surface area contributed by atoms with Gasteiger partial charge >= 0.3 is 0 Å². The van der Waals surface area contributed by atoms with Crippen LogP contribution in [0.5, 0.6) is 5.75 Å². The van der Waals surface area contributed by atoms with Gasteiger partial charge in [0.25, 0.3) is 0 Å². The van der Waals surface area contributed by atoms with Gasteiger partial charge in [0.15, 0.2) is 0 Å². The Labute approximate surface area is 125 Å². The second-order valence-corrected chi connectivity index (χ2v) is 5.85. The first-order chi connectivity index (χ1) is 10.1. The third kappa shape index (κ3) is 3.20. The average Bonchev–Trinajstić information content (AvgIpc) is 2.88. The Kier molecular flexibility index (Phi) is 3.86. The van der Waals surface area contributed by atoms with Crippen LogP contribution in [0.4, 0.5) is 4.39 Å². The molecule has 0 fully saturated rings. The van der Waals surface area contributed by atoms with Crippen LogP contribution < -0.4 is 4.74 Å². The molecule has 3 nitrogen and oxygen atoms in total. The molecule has 0 bridgehead atoms. The summed E-state index contributed by atoms with van der Waals surface area (Å²) in [6.45, 7) is 1.94. The zero-order chi connectivity index (χ0) is 14.8. The van der Waals surface area contributed by atoms with Gasteiger partial charge in [-0.05, 0) is 49.4 Å². The van der Waals surface area contributed by atoms with Crippen LogP contribution in [0.2, 0.25) is 0 Å². The van der Waals surface area contributed by atoms with Gasteiger partial charge in [0, 0.05) is 5.56 Å². The van der Waals surface area contributed by atoms with E-state index < -0.39 is 6.10 Å². The largest absolute Gasteiger partial charge is 0.491 e. The van der Waals surface area contributed by atoms with E-state index in [0.717, 1.165) is 20.8 Å². The van der Waals surface area contributed by atoms with Gasteiger partial charge in [0.2, 0.25) is 0 Å². The molecule has 0 spiro atoms. The Morgan fingerprint density at radius 2 is 2.00 bits per heavy atom. The van der Waals surface area contributed by atoms with Crippen LogP contribution in [-0.2, 0) is 0 Å². The molecule has 5 heteroatoms. The van der Waals surface area contributed by atoms with Crippen molar-refractivity contribution < 1.29 is 14.2 Å². The lowest BCUT2D eigenvalue weighted by molar-refractivity contribution is 0.123. The number of rotatable bonds is 4. The first-order valence-corrected chi connectivity index (χ1v) is 7.41. The SMILES string of the molecule is CC(O)COc1ccc2nc(-c3ccc(F)cc3)sc2c1. The molecule has 0 saturated carbocycles. The second kappa shape index (κ2) is 5.79. The van der Waals surface area contributed by atoms with E-state index in [9.17, 15) is 9.50 Å². The summed E-state index contributed by atoms with van der Waals surface area (Å²) in [5.41, 5.74) is 1.77. The van der Waals surface area contributed by atoms with E-state index in [1.165, 1.54) is 23.5 Å². The predicted octanol–water partition coefficient (Wildman–Crippen LogP) is 3.86. The van der Waals surface area contributed by atoms with E-state index in [2.05, 4.69) is 4.98 Å². The number of benzene rings is 2. The van der Waals surface area contributed by atoms with Crippen molar-refractivity contribution in [2.24, 2.45) is 0 Å². The number of aromatic nitrogens is 1. The summed E-state index contributed by atoms with van der Waals surface area (Å²) in [6, 6.07) is 11.9. The van der Waals surface area contributed by atoms with E-state index in [1.54, 1.807) is 19.1 Å². The average molecular weight is 303 g/mol. The molecule has 1 heterocycles. The minimum atomic E-state index is -0.503. The van der Waals surface area contributed by atoms with E-state index in [4.69, 9.17) is 4.74 Å².